The topological polar surface area (TPSA) is 25.8 Å². The van der Waals surface area contributed by atoms with Crippen molar-refractivity contribution in [3.8, 4) is 44.8 Å². The fraction of sp³-hybridized carbons (Fsp3) is 0. The SMILES string of the molecule is C=Cc1c(-c2ccc3ccc4ccc(-c5ccccc5)nc4c3n2)ccc(-c2c(C=C)c(C=C)c(-c3ccccc3)c3ccccc23)c1C=C. The quantitative estimate of drug-likeness (QED) is 0.155. The third kappa shape index (κ3) is 4.98. The summed E-state index contributed by atoms with van der Waals surface area (Å²) in [5.41, 5.74) is 14.0. The van der Waals surface area contributed by atoms with Crippen LogP contribution in [0.4, 0.5) is 0 Å². The average molecular weight is 639 g/mol. The van der Waals surface area contributed by atoms with Crippen LogP contribution in [-0.2, 0) is 0 Å². The Labute approximate surface area is 292 Å². The van der Waals surface area contributed by atoms with Gasteiger partial charge in [0.2, 0.25) is 0 Å². The van der Waals surface area contributed by atoms with E-state index in [1.165, 1.54) is 0 Å². The number of hydrogen-bond donors (Lipinski definition) is 0. The van der Waals surface area contributed by atoms with Crippen LogP contribution >= 0.6 is 0 Å². The zero-order valence-electron chi connectivity index (χ0n) is 27.7. The summed E-state index contributed by atoms with van der Waals surface area (Å²) in [6, 6.07) is 46.3. The van der Waals surface area contributed by atoms with E-state index in [0.717, 1.165) is 99.6 Å². The molecular weight excluding hydrogens is 605 g/mol. The molecule has 0 aliphatic rings. The summed E-state index contributed by atoms with van der Waals surface area (Å²) in [5, 5.41) is 4.37. The highest BCUT2D eigenvalue weighted by Gasteiger charge is 2.22. The van der Waals surface area contributed by atoms with E-state index in [4.69, 9.17) is 9.97 Å². The highest BCUT2D eigenvalue weighted by Crippen LogP contribution is 2.46. The van der Waals surface area contributed by atoms with Gasteiger partial charge in [0.25, 0.3) is 0 Å². The minimum atomic E-state index is 0.849. The Morgan fingerprint density at radius 2 is 0.800 bits per heavy atom. The Kier molecular flexibility index (Phi) is 7.83. The van der Waals surface area contributed by atoms with Crippen molar-refractivity contribution in [1.82, 2.24) is 9.97 Å². The molecule has 2 heterocycles. The van der Waals surface area contributed by atoms with Crippen molar-refractivity contribution in [2.75, 3.05) is 0 Å². The van der Waals surface area contributed by atoms with Gasteiger partial charge in [0.15, 0.2) is 0 Å². The molecule has 0 unspecified atom stereocenters. The molecule has 50 heavy (non-hydrogen) atoms. The van der Waals surface area contributed by atoms with Crippen molar-refractivity contribution in [3.63, 3.8) is 0 Å². The van der Waals surface area contributed by atoms with E-state index < -0.39 is 0 Å². The molecule has 0 saturated carbocycles. The molecule has 0 saturated heterocycles. The van der Waals surface area contributed by atoms with Crippen LogP contribution in [0.1, 0.15) is 22.3 Å². The van der Waals surface area contributed by atoms with Crippen LogP contribution in [0.3, 0.4) is 0 Å². The Bertz CT molecular complexity index is 2650. The predicted molar refractivity (Wildman–Crippen MR) is 217 cm³/mol. The zero-order valence-corrected chi connectivity index (χ0v) is 27.7. The van der Waals surface area contributed by atoms with Gasteiger partial charge in [0.1, 0.15) is 0 Å². The number of nitrogens with zero attached hydrogens (tertiary/aromatic N) is 2. The second-order valence-corrected chi connectivity index (χ2v) is 12.3. The highest BCUT2D eigenvalue weighted by atomic mass is 14.8. The lowest BCUT2D eigenvalue weighted by Crippen LogP contribution is -1.99. The van der Waals surface area contributed by atoms with E-state index in [9.17, 15) is 0 Å². The molecule has 0 atom stereocenters. The monoisotopic (exact) mass is 638 g/mol. The normalized spacial score (nSPS) is 11.1. The largest absolute Gasteiger partial charge is 0.245 e. The molecule has 0 radical (unpaired) electrons. The average Bonchev–Trinajstić information content (AvgIpc) is 3.19. The molecule has 0 aliphatic heterocycles. The fourth-order valence-corrected chi connectivity index (χ4v) is 7.31. The molecule has 0 amide bonds. The van der Waals surface area contributed by atoms with Crippen molar-refractivity contribution < 1.29 is 0 Å². The number of hydrogen-bond acceptors (Lipinski definition) is 2. The molecule has 2 nitrogen and oxygen atoms in total. The summed E-state index contributed by atoms with van der Waals surface area (Å²) in [4.78, 5) is 10.4. The second-order valence-electron chi connectivity index (χ2n) is 12.3. The second kappa shape index (κ2) is 12.8. The maximum Gasteiger partial charge on any atom is 0.0972 e. The molecular formula is C48H34N2. The van der Waals surface area contributed by atoms with Crippen molar-refractivity contribution in [2.24, 2.45) is 0 Å². The van der Waals surface area contributed by atoms with Gasteiger partial charge in [-0.05, 0) is 67.4 Å². The van der Waals surface area contributed by atoms with Gasteiger partial charge < -0.3 is 0 Å². The minimum absolute atomic E-state index is 0.849. The first-order valence-electron chi connectivity index (χ1n) is 16.7. The highest BCUT2D eigenvalue weighted by molar-refractivity contribution is 6.13. The van der Waals surface area contributed by atoms with Crippen molar-refractivity contribution in [2.45, 2.75) is 0 Å². The first-order valence-corrected chi connectivity index (χ1v) is 16.7. The molecule has 0 aliphatic carbocycles. The lowest BCUT2D eigenvalue weighted by Gasteiger charge is -2.22. The lowest BCUT2D eigenvalue weighted by atomic mass is 9.81. The van der Waals surface area contributed by atoms with Crippen LogP contribution in [0.25, 0.3) is 102 Å². The van der Waals surface area contributed by atoms with Gasteiger partial charge in [0, 0.05) is 21.9 Å². The van der Waals surface area contributed by atoms with E-state index in [1.807, 2.05) is 48.6 Å². The minimum Gasteiger partial charge on any atom is -0.245 e. The van der Waals surface area contributed by atoms with Gasteiger partial charge in [-0.3, -0.25) is 0 Å². The molecule has 2 heteroatoms. The van der Waals surface area contributed by atoms with Crippen LogP contribution in [0.15, 0.2) is 160 Å². The maximum absolute atomic E-state index is 5.28. The summed E-state index contributed by atoms with van der Waals surface area (Å²) in [6.45, 7) is 17.2. The lowest BCUT2D eigenvalue weighted by molar-refractivity contribution is 1.36. The van der Waals surface area contributed by atoms with E-state index in [1.54, 1.807) is 0 Å². The Balaban J connectivity index is 1.36. The van der Waals surface area contributed by atoms with Gasteiger partial charge in [-0.15, -0.1) is 0 Å². The smallest absolute Gasteiger partial charge is 0.0972 e. The molecule has 0 spiro atoms. The zero-order chi connectivity index (χ0) is 34.2. The summed E-state index contributed by atoms with van der Waals surface area (Å²) < 4.78 is 0. The summed E-state index contributed by atoms with van der Waals surface area (Å²) in [7, 11) is 0. The molecule has 8 rings (SSSR count). The first-order chi connectivity index (χ1) is 24.6. The number of aromatic nitrogens is 2. The number of benzene rings is 6. The molecule has 236 valence electrons. The Morgan fingerprint density at radius 3 is 1.40 bits per heavy atom. The molecule has 0 fully saturated rings. The third-order valence-electron chi connectivity index (χ3n) is 9.60. The number of fused-ring (bicyclic) bond motifs is 4. The van der Waals surface area contributed by atoms with E-state index in [0.29, 0.717) is 0 Å². The van der Waals surface area contributed by atoms with E-state index in [-0.39, 0.29) is 0 Å². The van der Waals surface area contributed by atoms with Gasteiger partial charge >= 0.3 is 0 Å². The molecule has 8 aromatic rings. The predicted octanol–water partition coefficient (Wildman–Crippen LogP) is 13.2. The fourth-order valence-electron chi connectivity index (χ4n) is 7.31. The summed E-state index contributed by atoms with van der Waals surface area (Å²) in [6.07, 6.45) is 7.75. The number of rotatable bonds is 8. The number of pyridine rings is 2. The van der Waals surface area contributed by atoms with E-state index >= 15 is 0 Å². The van der Waals surface area contributed by atoms with Gasteiger partial charge in [-0.1, -0.05) is 172 Å². The molecule has 2 aromatic heterocycles. The van der Waals surface area contributed by atoms with Crippen molar-refractivity contribution in [1.29, 1.82) is 0 Å². The van der Waals surface area contributed by atoms with Crippen LogP contribution < -0.4 is 0 Å². The first kappa shape index (κ1) is 30.7. The van der Waals surface area contributed by atoms with Crippen LogP contribution in [0.5, 0.6) is 0 Å². The molecule has 6 aromatic carbocycles. The standard InChI is InChI=1S/C48H34N2/c1-5-35-36(6-2)42(46-38(8-4)37(7-3)45(32-19-13-10-14-20-32)40-21-15-16-22-41(40)46)28-27-39(35)44-30-26-34-24-23-33-25-29-43(31-17-11-9-12-18-31)49-47(33)48(34)50-44/h5-30H,1-4H2. The molecule has 0 N–H and O–H groups in total. The summed E-state index contributed by atoms with van der Waals surface area (Å²) >= 11 is 0. The summed E-state index contributed by atoms with van der Waals surface area (Å²) in [5.74, 6) is 0. The van der Waals surface area contributed by atoms with Crippen LogP contribution in [-0.4, -0.2) is 9.97 Å². The Hall–Kier alpha value is -6.64. The third-order valence-corrected chi connectivity index (χ3v) is 9.60. The van der Waals surface area contributed by atoms with Gasteiger partial charge in [-0.25, -0.2) is 9.97 Å². The maximum atomic E-state index is 5.28. The van der Waals surface area contributed by atoms with Crippen LogP contribution in [0, 0.1) is 0 Å². The molecule has 0 bridgehead atoms. The Morgan fingerprint density at radius 1 is 0.360 bits per heavy atom. The van der Waals surface area contributed by atoms with E-state index in [2.05, 4.69) is 136 Å². The van der Waals surface area contributed by atoms with Gasteiger partial charge in [0.05, 0.1) is 22.4 Å². The van der Waals surface area contributed by atoms with Crippen molar-refractivity contribution >= 4 is 56.9 Å². The van der Waals surface area contributed by atoms with Gasteiger partial charge in [-0.2, -0.15) is 0 Å². The van der Waals surface area contributed by atoms with Crippen molar-refractivity contribution in [3.05, 3.63) is 182 Å². The van der Waals surface area contributed by atoms with Crippen LogP contribution in [0.2, 0.25) is 0 Å².